The highest BCUT2D eigenvalue weighted by Crippen LogP contribution is 2.21. The van der Waals surface area contributed by atoms with Crippen molar-refractivity contribution >= 4 is 5.97 Å². The highest BCUT2D eigenvalue weighted by Gasteiger charge is 2.18. The van der Waals surface area contributed by atoms with E-state index in [4.69, 9.17) is 15.9 Å². The molecule has 0 radical (unpaired) electrons. The molecule has 0 bridgehead atoms. The van der Waals surface area contributed by atoms with Gasteiger partial charge in [0.2, 0.25) is 0 Å². The van der Waals surface area contributed by atoms with E-state index in [1.54, 1.807) is 6.92 Å². The molecular weight excluding hydrogens is 300 g/mol. The monoisotopic (exact) mass is 330 g/mol. The third kappa shape index (κ3) is 12.4. The van der Waals surface area contributed by atoms with E-state index in [0.29, 0.717) is 5.92 Å². The number of carbonyl (C=O) groups excluding carboxylic acids is 1. The van der Waals surface area contributed by atoms with Gasteiger partial charge < -0.3 is 9.47 Å². The highest BCUT2D eigenvalue weighted by molar-refractivity contribution is 5.83. The summed E-state index contributed by atoms with van der Waals surface area (Å²) in [6.07, 6.45) is 17.4. The number of terminal acetylenes is 1. The standard InChI is InChI=1S/C21H30O3/c1-7-15-23-20(22)17-19(4)12-9-11-18(3)13-10-14-21(5,6)24-16-8-2/h1,9,12,17-18H,10-11,13-15H2,2-6H3/b12-9+,19-17+. The molecule has 0 spiro atoms. The second kappa shape index (κ2) is 12.3. The molecule has 0 saturated carbocycles. The van der Waals surface area contributed by atoms with Gasteiger partial charge in [-0.1, -0.05) is 37.3 Å². The Morgan fingerprint density at radius 1 is 1.38 bits per heavy atom. The van der Waals surface area contributed by atoms with Crippen LogP contribution in [0.3, 0.4) is 0 Å². The van der Waals surface area contributed by atoms with Crippen LogP contribution in [0.2, 0.25) is 0 Å². The van der Waals surface area contributed by atoms with Crippen molar-refractivity contribution in [3.8, 4) is 24.4 Å². The molecule has 0 aliphatic rings. The molecule has 0 fully saturated rings. The van der Waals surface area contributed by atoms with Crippen LogP contribution in [0.15, 0.2) is 23.8 Å². The second-order valence-electron chi connectivity index (χ2n) is 6.55. The minimum absolute atomic E-state index is 0.00721. The maximum atomic E-state index is 11.4. The molecule has 3 nitrogen and oxygen atoms in total. The summed E-state index contributed by atoms with van der Waals surface area (Å²) < 4.78 is 10.3. The molecule has 3 heteroatoms. The second-order valence-corrected chi connectivity index (χ2v) is 6.55. The van der Waals surface area contributed by atoms with Crippen LogP contribution in [-0.4, -0.2) is 18.2 Å². The molecule has 0 aliphatic heterocycles. The first-order valence-electron chi connectivity index (χ1n) is 8.35. The Bertz CT molecular complexity index is 536. The van der Waals surface area contributed by atoms with E-state index in [1.807, 2.05) is 13.0 Å². The summed E-state index contributed by atoms with van der Waals surface area (Å²) >= 11 is 0. The molecule has 132 valence electrons. The van der Waals surface area contributed by atoms with E-state index in [9.17, 15) is 4.79 Å². The molecule has 0 N–H and O–H groups in total. The van der Waals surface area contributed by atoms with Crippen LogP contribution in [0.1, 0.15) is 60.3 Å². The fourth-order valence-corrected chi connectivity index (χ4v) is 2.11. The fraction of sp³-hybridized carbons (Fsp3) is 0.571. The van der Waals surface area contributed by atoms with Gasteiger partial charge in [-0.2, -0.15) is 0 Å². The Morgan fingerprint density at radius 2 is 2.08 bits per heavy atom. The zero-order valence-electron chi connectivity index (χ0n) is 15.6. The summed E-state index contributed by atoms with van der Waals surface area (Å²) in [5.41, 5.74) is 0.660. The minimum Gasteiger partial charge on any atom is -0.449 e. The van der Waals surface area contributed by atoms with Crippen molar-refractivity contribution in [2.24, 2.45) is 5.92 Å². The molecule has 0 aromatic rings. The molecular formula is C21H30O3. The number of allylic oxidation sites excluding steroid dienone is 3. The van der Waals surface area contributed by atoms with Crippen LogP contribution in [0.25, 0.3) is 0 Å². The van der Waals surface area contributed by atoms with Crippen LogP contribution in [0.5, 0.6) is 0 Å². The largest absolute Gasteiger partial charge is 0.449 e. The van der Waals surface area contributed by atoms with E-state index in [1.165, 1.54) is 6.08 Å². The normalized spacial score (nSPS) is 12.9. The molecule has 0 aromatic carbocycles. The fourth-order valence-electron chi connectivity index (χ4n) is 2.11. The van der Waals surface area contributed by atoms with Crippen molar-refractivity contribution in [1.82, 2.24) is 0 Å². The summed E-state index contributed by atoms with van der Waals surface area (Å²) in [5.74, 6) is 5.20. The maximum absolute atomic E-state index is 11.4. The average Bonchev–Trinajstić information content (AvgIpc) is 2.50. The number of hydrogen-bond donors (Lipinski definition) is 0. The lowest BCUT2D eigenvalue weighted by atomic mass is 9.95. The van der Waals surface area contributed by atoms with Gasteiger partial charge in [0.1, 0.15) is 11.7 Å². The highest BCUT2D eigenvalue weighted by atomic mass is 16.5. The van der Waals surface area contributed by atoms with Crippen LogP contribution in [0.4, 0.5) is 0 Å². The van der Waals surface area contributed by atoms with Gasteiger partial charge in [0.05, 0.1) is 0 Å². The SMILES string of the molecule is C#CCOC(=O)/C=C(C)/C=C/CC(C)CCCC(C)(C)OC#CC. The van der Waals surface area contributed by atoms with Gasteiger partial charge in [-0.05, 0) is 51.5 Å². The third-order valence-electron chi connectivity index (χ3n) is 3.47. The smallest absolute Gasteiger partial charge is 0.331 e. The van der Waals surface area contributed by atoms with Crippen molar-refractivity contribution in [2.75, 3.05) is 6.61 Å². The topological polar surface area (TPSA) is 35.5 Å². The average molecular weight is 330 g/mol. The molecule has 0 amide bonds. The van der Waals surface area contributed by atoms with Crippen molar-refractivity contribution in [2.45, 2.75) is 65.9 Å². The van der Waals surface area contributed by atoms with E-state index >= 15 is 0 Å². The minimum atomic E-state index is -0.402. The van der Waals surface area contributed by atoms with Gasteiger partial charge in [-0.3, -0.25) is 0 Å². The zero-order chi connectivity index (χ0) is 18.4. The number of carbonyl (C=O) groups is 1. The lowest BCUT2D eigenvalue weighted by Gasteiger charge is -2.22. The van der Waals surface area contributed by atoms with Gasteiger partial charge in [-0.15, -0.1) is 6.42 Å². The lowest BCUT2D eigenvalue weighted by Crippen LogP contribution is -2.22. The predicted molar refractivity (Wildman–Crippen MR) is 98.9 cm³/mol. The Balaban J connectivity index is 4.09. The summed E-state index contributed by atoms with van der Waals surface area (Å²) in [4.78, 5) is 11.4. The summed E-state index contributed by atoms with van der Waals surface area (Å²) in [6.45, 7) is 10.0. The molecule has 0 heterocycles. The first-order valence-corrected chi connectivity index (χ1v) is 8.35. The number of hydrogen-bond acceptors (Lipinski definition) is 3. The van der Waals surface area contributed by atoms with Gasteiger partial charge in [0.25, 0.3) is 0 Å². The third-order valence-corrected chi connectivity index (χ3v) is 3.47. The van der Waals surface area contributed by atoms with Crippen molar-refractivity contribution in [1.29, 1.82) is 0 Å². The molecule has 0 aliphatic carbocycles. The number of esters is 1. The van der Waals surface area contributed by atoms with E-state index in [-0.39, 0.29) is 12.2 Å². The van der Waals surface area contributed by atoms with Gasteiger partial charge in [-0.25, -0.2) is 4.79 Å². The quantitative estimate of drug-likeness (QED) is 0.253. The zero-order valence-corrected chi connectivity index (χ0v) is 15.6. The van der Waals surface area contributed by atoms with E-state index < -0.39 is 5.97 Å². The van der Waals surface area contributed by atoms with Crippen molar-refractivity contribution in [3.05, 3.63) is 23.8 Å². The maximum Gasteiger partial charge on any atom is 0.331 e. The molecule has 0 aromatic heterocycles. The summed E-state index contributed by atoms with van der Waals surface area (Å²) in [7, 11) is 0. The molecule has 1 atom stereocenters. The molecule has 1 unspecified atom stereocenters. The predicted octanol–water partition coefficient (Wildman–Crippen LogP) is 4.64. The van der Waals surface area contributed by atoms with Crippen LogP contribution in [-0.2, 0) is 14.3 Å². The first kappa shape index (κ1) is 21.9. The van der Waals surface area contributed by atoms with Crippen molar-refractivity contribution < 1.29 is 14.3 Å². The summed E-state index contributed by atoms with van der Waals surface area (Å²) in [6, 6.07) is 0. The lowest BCUT2D eigenvalue weighted by molar-refractivity contribution is -0.136. The van der Waals surface area contributed by atoms with Crippen molar-refractivity contribution in [3.63, 3.8) is 0 Å². The van der Waals surface area contributed by atoms with E-state index in [0.717, 1.165) is 31.3 Å². The molecule has 0 saturated heterocycles. The van der Waals surface area contributed by atoms with Gasteiger partial charge in [0, 0.05) is 13.0 Å². The Labute approximate surface area is 147 Å². The Morgan fingerprint density at radius 3 is 2.71 bits per heavy atom. The Kier molecular flexibility index (Phi) is 11.2. The van der Waals surface area contributed by atoms with Gasteiger partial charge >= 0.3 is 5.97 Å². The number of rotatable bonds is 10. The van der Waals surface area contributed by atoms with Crippen LogP contribution >= 0.6 is 0 Å². The Hall–Kier alpha value is -2.13. The van der Waals surface area contributed by atoms with Gasteiger partial charge in [0.15, 0.2) is 6.61 Å². The van der Waals surface area contributed by atoms with Crippen LogP contribution in [0, 0.1) is 30.3 Å². The summed E-state index contributed by atoms with van der Waals surface area (Å²) in [5, 5.41) is 0. The van der Waals surface area contributed by atoms with Crippen LogP contribution < -0.4 is 0 Å². The number of ether oxygens (including phenoxy) is 2. The first-order chi connectivity index (χ1) is 11.3. The van der Waals surface area contributed by atoms with E-state index in [2.05, 4.69) is 44.8 Å². The molecule has 24 heavy (non-hydrogen) atoms. The molecule has 0 rings (SSSR count).